The van der Waals surface area contributed by atoms with Gasteiger partial charge >= 0.3 is 12.1 Å². The van der Waals surface area contributed by atoms with Gasteiger partial charge in [0.05, 0.1) is 17.5 Å². The van der Waals surface area contributed by atoms with Crippen molar-refractivity contribution in [2.24, 2.45) is 5.92 Å². The summed E-state index contributed by atoms with van der Waals surface area (Å²) in [5, 5.41) is 12.9. The van der Waals surface area contributed by atoms with Gasteiger partial charge in [0.25, 0.3) is 5.91 Å². The number of para-hydroxylation sites is 1. The summed E-state index contributed by atoms with van der Waals surface area (Å²) < 4.78 is 19.8. The lowest BCUT2D eigenvalue weighted by Crippen LogP contribution is -2.49. The van der Waals surface area contributed by atoms with Crippen LogP contribution < -0.4 is 5.32 Å². The minimum absolute atomic E-state index is 0.505. The number of benzene rings is 2. The fraction of sp³-hybridized carbons (Fsp3) is 0.333. The number of ether oxygens (including phenoxy) is 1. The first-order valence-corrected chi connectivity index (χ1v) is 10.5. The Labute approximate surface area is 189 Å². The van der Waals surface area contributed by atoms with Crippen molar-refractivity contribution in [3.63, 3.8) is 0 Å². The van der Waals surface area contributed by atoms with Gasteiger partial charge in [-0.15, -0.1) is 0 Å². The van der Waals surface area contributed by atoms with E-state index in [-0.39, 0.29) is 0 Å². The highest BCUT2D eigenvalue weighted by atomic mass is 19.1. The number of carboxylic acids is 1. The fourth-order valence-corrected chi connectivity index (χ4v) is 3.70. The number of amides is 1. The first-order chi connectivity index (χ1) is 15.6. The largest absolute Gasteiger partial charge is 0.481 e. The smallest absolute Gasteiger partial charge is 0.419 e. The topological polar surface area (TPSA) is 115 Å². The number of carbonyl (C=O) groups excluding carboxylic acids is 3. The Bertz CT molecular complexity index is 1230. The van der Waals surface area contributed by atoms with Gasteiger partial charge in [-0.2, -0.15) is 0 Å². The second-order valence-corrected chi connectivity index (χ2v) is 8.18. The molecule has 0 radical (unpaired) electrons. The molecule has 0 bridgehead atoms. The summed E-state index contributed by atoms with van der Waals surface area (Å²) >= 11 is 0. The van der Waals surface area contributed by atoms with Crippen molar-refractivity contribution >= 4 is 45.6 Å². The predicted octanol–water partition coefficient (Wildman–Crippen LogP) is 3.61. The van der Waals surface area contributed by atoms with Gasteiger partial charge in [0.2, 0.25) is 0 Å². The van der Waals surface area contributed by atoms with Gasteiger partial charge < -0.3 is 15.2 Å². The standard InChI is InChI=1S/C24H25FN2O6/c1-13(2)22(23(31)26-17(11-21(29)30)20(28)12-25)33-24(32)27-18-7-5-4-6-15(18)16-9-8-14(3)10-19(16)27/h4-10,13,17,22H,11-12H2,1-3H3,(H,26,31)(H,29,30). The van der Waals surface area contributed by atoms with E-state index in [1.807, 2.05) is 37.3 Å². The zero-order chi connectivity index (χ0) is 24.3. The molecule has 2 unspecified atom stereocenters. The molecule has 2 atom stereocenters. The third-order valence-electron chi connectivity index (χ3n) is 5.32. The molecule has 3 rings (SSSR count). The average molecular weight is 456 g/mol. The molecule has 1 aromatic heterocycles. The Balaban J connectivity index is 1.94. The Morgan fingerprint density at radius 3 is 2.36 bits per heavy atom. The lowest BCUT2D eigenvalue weighted by Gasteiger charge is -2.23. The van der Waals surface area contributed by atoms with Gasteiger partial charge in [-0.05, 0) is 30.5 Å². The summed E-state index contributed by atoms with van der Waals surface area (Å²) in [7, 11) is 0. The maximum atomic E-state index is 13.3. The second kappa shape index (κ2) is 9.81. The van der Waals surface area contributed by atoms with Crippen molar-refractivity contribution in [2.75, 3.05) is 6.67 Å². The van der Waals surface area contributed by atoms with E-state index in [4.69, 9.17) is 9.84 Å². The van der Waals surface area contributed by atoms with Gasteiger partial charge in [0, 0.05) is 10.8 Å². The summed E-state index contributed by atoms with van der Waals surface area (Å²) in [6, 6.07) is 11.4. The van der Waals surface area contributed by atoms with Crippen LogP contribution in [0.1, 0.15) is 25.8 Å². The Kier molecular flexibility index (Phi) is 7.10. The number of aromatic nitrogens is 1. The van der Waals surface area contributed by atoms with Crippen molar-refractivity contribution in [1.82, 2.24) is 9.88 Å². The molecule has 1 heterocycles. The van der Waals surface area contributed by atoms with E-state index in [1.165, 1.54) is 4.57 Å². The van der Waals surface area contributed by atoms with Gasteiger partial charge in [0.15, 0.2) is 11.9 Å². The molecule has 2 aromatic carbocycles. The van der Waals surface area contributed by atoms with Crippen molar-refractivity contribution in [1.29, 1.82) is 0 Å². The van der Waals surface area contributed by atoms with Crippen molar-refractivity contribution in [3.05, 3.63) is 48.0 Å². The van der Waals surface area contributed by atoms with Crippen LogP contribution in [0, 0.1) is 12.8 Å². The van der Waals surface area contributed by atoms with Crippen LogP contribution in [-0.2, 0) is 19.1 Å². The van der Waals surface area contributed by atoms with Crippen LogP contribution >= 0.6 is 0 Å². The van der Waals surface area contributed by atoms with Gasteiger partial charge in [-0.25, -0.2) is 13.8 Å². The molecule has 0 spiro atoms. The van der Waals surface area contributed by atoms with Crippen molar-refractivity contribution in [2.45, 2.75) is 39.3 Å². The van der Waals surface area contributed by atoms with Gasteiger partial charge in [0.1, 0.15) is 12.7 Å². The lowest BCUT2D eigenvalue weighted by atomic mass is 10.0. The number of nitrogens with zero attached hydrogens (tertiary/aromatic N) is 1. The first kappa shape index (κ1) is 23.9. The van der Waals surface area contributed by atoms with Crippen LogP contribution in [-0.4, -0.2) is 52.2 Å². The maximum absolute atomic E-state index is 13.3. The third-order valence-corrected chi connectivity index (χ3v) is 5.32. The highest BCUT2D eigenvalue weighted by molar-refractivity contribution is 6.12. The molecule has 3 aromatic rings. The van der Waals surface area contributed by atoms with Crippen molar-refractivity contribution in [3.8, 4) is 0 Å². The molecule has 0 saturated carbocycles. The average Bonchev–Trinajstić information content (AvgIpc) is 3.09. The molecule has 0 saturated heterocycles. The number of alkyl halides is 1. The summed E-state index contributed by atoms with van der Waals surface area (Å²) in [6.45, 7) is 3.74. The zero-order valence-corrected chi connectivity index (χ0v) is 18.5. The number of Topliss-reactive ketones (excluding diaryl/α,β-unsaturated/α-hetero) is 1. The molecule has 33 heavy (non-hydrogen) atoms. The maximum Gasteiger partial charge on any atom is 0.419 e. The monoisotopic (exact) mass is 456 g/mol. The van der Waals surface area contributed by atoms with Crippen LogP contribution in [0.25, 0.3) is 21.8 Å². The van der Waals surface area contributed by atoms with Gasteiger partial charge in [-0.3, -0.25) is 14.4 Å². The number of carboxylic acid groups (broad SMARTS) is 1. The van der Waals surface area contributed by atoms with Crippen LogP contribution in [0.4, 0.5) is 9.18 Å². The van der Waals surface area contributed by atoms with E-state index in [9.17, 15) is 23.6 Å². The number of halogens is 1. The fourth-order valence-electron chi connectivity index (χ4n) is 3.70. The van der Waals surface area contributed by atoms with Crippen molar-refractivity contribution < 1.29 is 33.4 Å². The number of hydrogen-bond donors (Lipinski definition) is 2. The number of aryl methyl sites for hydroxylation is 1. The lowest BCUT2D eigenvalue weighted by molar-refractivity contribution is -0.141. The number of rotatable bonds is 8. The molecule has 174 valence electrons. The molecule has 9 heteroatoms. The molecular weight excluding hydrogens is 431 g/mol. The highest BCUT2D eigenvalue weighted by Crippen LogP contribution is 2.30. The zero-order valence-electron chi connectivity index (χ0n) is 18.5. The normalized spacial score (nSPS) is 13.1. The number of aliphatic carboxylic acids is 1. The molecule has 1 amide bonds. The van der Waals surface area contributed by atoms with E-state index in [2.05, 4.69) is 5.32 Å². The van der Waals surface area contributed by atoms with Crippen LogP contribution in [0.3, 0.4) is 0 Å². The summed E-state index contributed by atoms with van der Waals surface area (Å²) in [4.78, 5) is 48.8. The number of hydrogen-bond acceptors (Lipinski definition) is 5. The summed E-state index contributed by atoms with van der Waals surface area (Å²) in [5.41, 5.74) is 2.14. The summed E-state index contributed by atoms with van der Waals surface area (Å²) in [6.07, 6.45) is -2.91. The van der Waals surface area contributed by atoms with E-state index >= 15 is 0 Å². The molecule has 0 fully saturated rings. The van der Waals surface area contributed by atoms with E-state index < -0.39 is 54.9 Å². The minimum atomic E-state index is -1.56. The third kappa shape index (κ3) is 5.02. The predicted molar refractivity (Wildman–Crippen MR) is 120 cm³/mol. The van der Waals surface area contributed by atoms with E-state index in [0.717, 1.165) is 16.3 Å². The number of nitrogens with one attached hydrogen (secondary N) is 1. The number of ketones is 1. The van der Waals surface area contributed by atoms with E-state index in [0.29, 0.717) is 11.0 Å². The molecular formula is C24H25FN2O6. The highest BCUT2D eigenvalue weighted by Gasteiger charge is 2.32. The SMILES string of the molecule is Cc1ccc2c3ccccc3n(C(=O)OC(C(=O)NC(CC(=O)O)C(=O)CF)C(C)C)c2c1. The van der Waals surface area contributed by atoms with Crippen LogP contribution in [0.5, 0.6) is 0 Å². The minimum Gasteiger partial charge on any atom is -0.481 e. The van der Waals surface area contributed by atoms with Crippen LogP contribution in [0.15, 0.2) is 42.5 Å². The summed E-state index contributed by atoms with van der Waals surface area (Å²) in [5.74, 6) is -3.82. The van der Waals surface area contributed by atoms with E-state index in [1.54, 1.807) is 26.0 Å². The first-order valence-electron chi connectivity index (χ1n) is 10.5. The Morgan fingerprint density at radius 1 is 1.06 bits per heavy atom. The molecule has 2 N–H and O–H groups in total. The Morgan fingerprint density at radius 2 is 1.73 bits per heavy atom. The molecule has 8 nitrogen and oxygen atoms in total. The van der Waals surface area contributed by atoms with Crippen LogP contribution in [0.2, 0.25) is 0 Å². The van der Waals surface area contributed by atoms with Gasteiger partial charge in [-0.1, -0.05) is 44.2 Å². The number of carbonyl (C=O) groups is 4. The number of fused-ring (bicyclic) bond motifs is 3. The Hall–Kier alpha value is -3.75. The molecule has 0 aliphatic rings. The quantitative estimate of drug-likeness (QED) is 0.535. The molecule has 0 aliphatic heterocycles. The molecule has 0 aliphatic carbocycles. The second-order valence-electron chi connectivity index (χ2n) is 8.18.